The van der Waals surface area contributed by atoms with Gasteiger partial charge >= 0.3 is 0 Å². The number of ether oxygens (including phenoxy) is 1. The Morgan fingerprint density at radius 2 is 2.14 bits per heavy atom. The predicted molar refractivity (Wildman–Crippen MR) is 76.9 cm³/mol. The first-order valence-corrected chi connectivity index (χ1v) is 7.18. The summed E-state index contributed by atoms with van der Waals surface area (Å²) in [5.74, 6) is -0.109. The minimum Gasteiger partial charge on any atom is -0.370 e. The van der Waals surface area contributed by atoms with Crippen LogP contribution >= 0.6 is 0 Å². The number of aryl methyl sites for hydroxylation is 1. The molecule has 0 radical (unpaired) electrons. The summed E-state index contributed by atoms with van der Waals surface area (Å²) in [6, 6.07) is 9.96. The Bertz CT molecular complexity index is 592. The van der Waals surface area contributed by atoms with Crippen LogP contribution < -0.4 is 0 Å². The Hall–Kier alpha value is -2.14. The molecule has 5 nitrogen and oxygen atoms in total. The lowest BCUT2D eigenvalue weighted by Crippen LogP contribution is -2.42. The Labute approximate surface area is 123 Å². The van der Waals surface area contributed by atoms with E-state index < -0.39 is 0 Å². The topological polar surface area (TPSA) is 55.6 Å². The maximum Gasteiger partial charge on any atom is 0.276 e. The summed E-state index contributed by atoms with van der Waals surface area (Å²) in [7, 11) is 0. The quantitative estimate of drug-likeness (QED) is 0.869. The van der Waals surface area contributed by atoms with E-state index in [0.717, 1.165) is 12.0 Å². The van der Waals surface area contributed by atoms with Gasteiger partial charge in [-0.05, 0) is 17.5 Å². The van der Waals surface area contributed by atoms with Gasteiger partial charge in [0.25, 0.3) is 5.91 Å². The van der Waals surface area contributed by atoms with Gasteiger partial charge in [-0.2, -0.15) is 0 Å². The number of carbonyl (C=O) groups excluding carboxylic acids is 1. The number of hydrogen-bond donors (Lipinski definition) is 0. The highest BCUT2D eigenvalue weighted by atomic mass is 16.5. The van der Waals surface area contributed by atoms with Crippen LogP contribution in [0.1, 0.15) is 34.6 Å². The molecule has 1 aromatic heterocycles. The summed E-state index contributed by atoms with van der Waals surface area (Å²) in [4.78, 5) is 14.0. The number of morpholine rings is 1. The molecule has 21 heavy (non-hydrogen) atoms. The molecule has 0 bridgehead atoms. The maximum atomic E-state index is 12.3. The van der Waals surface area contributed by atoms with E-state index in [9.17, 15) is 4.79 Å². The molecule has 1 aliphatic heterocycles. The molecule has 1 atom stereocenters. The lowest BCUT2D eigenvalue weighted by molar-refractivity contribution is -0.0231. The second-order valence-electron chi connectivity index (χ2n) is 5.09. The zero-order valence-electron chi connectivity index (χ0n) is 12.0. The Morgan fingerprint density at radius 1 is 1.33 bits per heavy atom. The number of rotatable bonds is 3. The summed E-state index contributed by atoms with van der Waals surface area (Å²) < 4.78 is 10.5. The molecular formula is C16H18N2O3. The Kier molecular flexibility index (Phi) is 4.01. The van der Waals surface area contributed by atoms with Gasteiger partial charge in [0.15, 0.2) is 5.69 Å². The zero-order chi connectivity index (χ0) is 14.7. The lowest BCUT2D eigenvalue weighted by atomic mass is 10.0. The summed E-state index contributed by atoms with van der Waals surface area (Å²) >= 11 is 0. The molecule has 110 valence electrons. The fourth-order valence-corrected chi connectivity index (χ4v) is 2.49. The van der Waals surface area contributed by atoms with Crippen LogP contribution in [-0.2, 0) is 11.2 Å². The van der Waals surface area contributed by atoms with Gasteiger partial charge in [0.2, 0.25) is 0 Å². The molecule has 5 heteroatoms. The minimum atomic E-state index is -0.109. The fraction of sp³-hybridized carbons (Fsp3) is 0.375. The summed E-state index contributed by atoms with van der Waals surface area (Å²) in [6.45, 7) is 3.78. The van der Waals surface area contributed by atoms with Gasteiger partial charge in [-0.3, -0.25) is 4.79 Å². The monoisotopic (exact) mass is 286 g/mol. The van der Waals surface area contributed by atoms with Crippen molar-refractivity contribution in [3.8, 4) is 0 Å². The van der Waals surface area contributed by atoms with E-state index in [1.807, 2.05) is 0 Å². The van der Waals surface area contributed by atoms with Crippen molar-refractivity contribution in [3.63, 3.8) is 0 Å². The van der Waals surface area contributed by atoms with Gasteiger partial charge in [-0.1, -0.05) is 36.3 Å². The molecule has 0 N–H and O–H groups in total. The van der Waals surface area contributed by atoms with Crippen molar-refractivity contribution >= 4 is 5.91 Å². The molecule has 0 saturated carbocycles. The SMILES string of the molecule is CCc1ccc([C@H]2CN(C(=O)c3ccon3)CCO2)cc1. The molecule has 0 unspecified atom stereocenters. The van der Waals surface area contributed by atoms with Gasteiger partial charge in [0, 0.05) is 12.6 Å². The first-order chi connectivity index (χ1) is 10.3. The molecular weight excluding hydrogens is 268 g/mol. The van der Waals surface area contributed by atoms with Crippen LogP contribution in [0.4, 0.5) is 0 Å². The lowest BCUT2D eigenvalue weighted by Gasteiger charge is -2.32. The first kappa shape index (κ1) is 13.8. The molecule has 1 amide bonds. The molecule has 1 aromatic carbocycles. The van der Waals surface area contributed by atoms with Gasteiger partial charge < -0.3 is 14.2 Å². The standard InChI is InChI=1S/C16H18N2O3/c1-2-12-3-5-13(6-4-12)15-11-18(8-10-20-15)16(19)14-7-9-21-17-14/h3-7,9,15H,2,8,10-11H2,1H3/t15-/m1/s1. The highest BCUT2D eigenvalue weighted by Crippen LogP contribution is 2.23. The average Bonchev–Trinajstić information content (AvgIpc) is 3.09. The summed E-state index contributed by atoms with van der Waals surface area (Å²) in [5.41, 5.74) is 2.74. The van der Waals surface area contributed by atoms with E-state index in [0.29, 0.717) is 25.4 Å². The third-order valence-corrected chi connectivity index (χ3v) is 3.77. The van der Waals surface area contributed by atoms with Crippen LogP contribution in [0.2, 0.25) is 0 Å². The van der Waals surface area contributed by atoms with Crippen LogP contribution in [0.3, 0.4) is 0 Å². The first-order valence-electron chi connectivity index (χ1n) is 7.18. The van der Waals surface area contributed by atoms with Crippen LogP contribution in [0.5, 0.6) is 0 Å². The molecule has 3 rings (SSSR count). The second-order valence-corrected chi connectivity index (χ2v) is 5.09. The average molecular weight is 286 g/mol. The Balaban J connectivity index is 1.71. The highest BCUT2D eigenvalue weighted by molar-refractivity contribution is 5.92. The van der Waals surface area contributed by atoms with Gasteiger partial charge in [-0.15, -0.1) is 0 Å². The highest BCUT2D eigenvalue weighted by Gasteiger charge is 2.27. The smallest absolute Gasteiger partial charge is 0.276 e. The summed E-state index contributed by atoms with van der Waals surface area (Å²) in [6.07, 6.45) is 2.34. The van der Waals surface area contributed by atoms with E-state index >= 15 is 0 Å². The number of benzene rings is 1. The maximum absolute atomic E-state index is 12.3. The number of hydrogen-bond acceptors (Lipinski definition) is 4. The number of nitrogens with zero attached hydrogens (tertiary/aromatic N) is 2. The molecule has 2 heterocycles. The predicted octanol–water partition coefficient (Wildman–Crippen LogP) is 2.45. The normalized spacial score (nSPS) is 18.7. The molecule has 0 aliphatic carbocycles. The van der Waals surface area contributed by atoms with Gasteiger partial charge in [0.05, 0.1) is 13.2 Å². The number of amides is 1. The molecule has 1 aliphatic rings. The largest absolute Gasteiger partial charge is 0.370 e. The van der Waals surface area contributed by atoms with Crippen LogP contribution in [0.15, 0.2) is 41.1 Å². The third kappa shape index (κ3) is 2.97. The number of carbonyl (C=O) groups is 1. The fourth-order valence-electron chi connectivity index (χ4n) is 2.49. The minimum absolute atomic E-state index is 0.0829. The van der Waals surface area contributed by atoms with Crippen molar-refractivity contribution in [2.75, 3.05) is 19.7 Å². The van der Waals surface area contributed by atoms with Crippen LogP contribution in [-0.4, -0.2) is 35.7 Å². The molecule has 0 spiro atoms. The van der Waals surface area contributed by atoms with Gasteiger partial charge in [-0.25, -0.2) is 0 Å². The number of aromatic nitrogens is 1. The van der Waals surface area contributed by atoms with Crippen molar-refractivity contribution in [1.82, 2.24) is 10.1 Å². The van der Waals surface area contributed by atoms with E-state index in [2.05, 4.69) is 36.3 Å². The molecule has 2 aromatic rings. The Morgan fingerprint density at radius 3 is 2.81 bits per heavy atom. The molecule has 1 fully saturated rings. The van der Waals surface area contributed by atoms with Crippen molar-refractivity contribution in [3.05, 3.63) is 53.4 Å². The van der Waals surface area contributed by atoms with E-state index in [1.54, 1.807) is 11.0 Å². The molecule has 1 saturated heterocycles. The van der Waals surface area contributed by atoms with E-state index in [-0.39, 0.29) is 12.0 Å². The van der Waals surface area contributed by atoms with Crippen molar-refractivity contribution in [2.45, 2.75) is 19.4 Å². The van der Waals surface area contributed by atoms with Crippen LogP contribution in [0.25, 0.3) is 0 Å². The van der Waals surface area contributed by atoms with E-state index in [4.69, 9.17) is 9.26 Å². The zero-order valence-corrected chi connectivity index (χ0v) is 12.0. The third-order valence-electron chi connectivity index (χ3n) is 3.77. The van der Waals surface area contributed by atoms with Crippen LogP contribution in [0, 0.1) is 0 Å². The van der Waals surface area contributed by atoms with E-state index in [1.165, 1.54) is 11.8 Å². The van der Waals surface area contributed by atoms with Gasteiger partial charge in [0.1, 0.15) is 12.4 Å². The van der Waals surface area contributed by atoms with Crippen molar-refractivity contribution in [1.29, 1.82) is 0 Å². The summed E-state index contributed by atoms with van der Waals surface area (Å²) in [5, 5.41) is 3.70. The second kappa shape index (κ2) is 6.10. The van der Waals surface area contributed by atoms with Crippen molar-refractivity contribution < 1.29 is 14.1 Å². The van der Waals surface area contributed by atoms with Crippen molar-refractivity contribution in [2.24, 2.45) is 0 Å².